The van der Waals surface area contributed by atoms with Crippen molar-refractivity contribution in [1.82, 2.24) is 0 Å². The third-order valence-corrected chi connectivity index (χ3v) is 1.40. The fourth-order valence-corrected chi connectivity index (χ4v) is 0.849. The maximum atomic E-state index is 10.5. The van der Waals surface area contributed by atoms with Gasteiger partial charge in [0.1, 0.15) is 0 Å². The zero-order valence-electron chi connectivity index (χ0n) is 6.74. The zero-order valence-corrected chi connectivity index (χ0v) is 6.74. The molecule has 12 heavy (non-hydrogen) atoms. The first kappa shape index (κ1) is 8.80. The highest BCUT2D eigenvalue weighted by Gasteiger charge is 2.12. The van der Waals surface area contributed by atoms with Gasteiger partial charge in [-0.15, -0.1) is 0 Å². The average Bonchev–Trinajstić information content (AvgIpc) is 2.48. The van der Waals surface area contributed by atoms with Crippen LogP contribution in [0.15, 0.2) is 16.7 Å². The molecule has 1 rings (SSSR count). The lowest BCUT2D eigenvalue weighted by Crippen LogP contribution is -2.00. The SMILES string of the molecule is CCOCc1ccoc1C(=O)O. The zero-order chi connectivity index (χ0) is 8.97. The van der Waals surface area contributed by atoms with Crippen molar-refractivity contribution < 1.29 is 19.1 Å². The molecule has 1 N–H and O–H groups in total. The lowest BCUT2D eigenvalue weighted by Gasteiger charge is -1.97. The molecule has 1 aromatic heterocycles. The van der Waals surface area contributed by atoms with Crippen LogP contribution in [-0.2, 0) is 11.3 Å². The molecule has 0 spiro atoms. The van der Waals surface area contributed by atoms with Gasteiger partial charge in [-0.2, -0.15) is 0 Å². The van der Waals surface area contributed by atoms with Gasteiger partial charge in [0.15, 0.2) is 0 Å². The van der Waals surface area contributed by atoms with E-state index in [1.54, 1.807) is 6.07 Å². The summed E-state index contributed by atoms with van der Waals surface area (Å²) in [6.45, 7) is 2.69. The van der Waals surface area contributed by atoms with Crippen LogP contribution in [0.25, 0.3) is 0 Å². The first-order valence-corrected chi connectivity index (χ1v) is 3.63. The van der Waals surface area contributed by atoms with Crippen molar-refractivity contribution in [2.45, 2.75) is 13.5 Å². The Morgan fingerprint density at radius 3 is 3.08 bits per heavy atom. The van der Waals surface area contributed by atoms with E-state index < -0.39 is 5.97 Å². The number of carboxylic acids is 1. The van der Waals surface area contributed by atoms with Gasteiger partial charge in [-0.05, 0) is 13.0 Å². The minimum Gasteiger partial charge on any atom is -0.475 e. The van der Waals surface area contributed by atoms with Crippen LogP contribution < -0.4 is 0 Å². The first-order valence-electron chi connectivity index (χ1n) is 3.63. The highest BCUT2D eigenvalue weighted by atomic mass is 16.5. The Balaban J connectivity index is 2.70. The third kappa shape index (κ3) is 1.85. The average molecular weight is 170 g/mol. The maximum Gasteiger partial charge on any atom is 0.372 e. The molecule has 0 saturated heterocycles. The van der Waals surface area contributed by atoms with Gasteiger partial charge < -0.3 is 14.3 Å². The van der Waals surface area contributed by atoms with E-state index in [9.17, 15) is 4.79 Å². The molecule has 4 nitrogen and oxygen atoms in total. The summed E-state index contributed by atoms with van der Waals surface area (Å²) >= 11 is 0. The molecule has 0 radical (unpaired) electrons. The van der Waals surface area contributed by atoms with E-state index in [0.717, 1.165) is 0 Å². The van der Waals surface area contributed by atoms with E-state index in [0.29, 0.717) is 12.2 Å². The largest absolute Gasteiger partial charge is 0.475 e. The predicted molar refractivity (Wildman–Crippen MR) is 41.0 cm³/mol. The summed E-state index contributed by atoms with van der Waals surface area (Å²) < 4.78 is 9.79. The summed E-state index contributed by atoms with van der Waals surface area (Å²) in [5.41, 5.74) is 0.573. The van der Waals surface area contributed by atoms with Gasteiger partial charge in [0, 0.05) is 12.2 Å². The molecule has 0 amide bonds. The monoisotopic (exact) mass is 170 g/mol. The molecule has 4 heteroatoms. The summed E-state index contributed by atoms with van der Waals surface area (Å²) in [4.78, 5) is 10.5. The number of hydrogen-bond donors (Lipinski definition) is 1. The van der Waals surface area contributed by atoms with Crippen LogP contribution in [0.2, 0.25) is 0 Å². The summed E-state index contributed by atoms with van der Waals surface area (Å²) in [7, 11) is 0. The number of rotatable bonds is 4. The van der Waals surface area contributed by atoms with Crippen molar-refractivity contribution in [3.8, 4) is 0 Å². The second kappa shape index (κ2) is 3.92. The van der Waals surface area contributed by atoms with Gasteiger partial charge >= 0.3 is 5.97 Å². The molecular weight excluding hydrogens is 160 g/mol. The van der Waals surface area contributed by atoms with Crippen LogP contribution in [0.1, 0.15) is 23.0 Å². The quantitative estimate of drug-likeness (QED) is 0.744. The first-order chi connectivity index (χ1) is 5.75. The molecule has 0 unspecified atom stereocenters. The molecule has 1 heterocycles. The number of ether oxygens (including phenoxy) is 1. The number of carboxylic acid groups (broad SMARTS) is 1. The van der Waals surface area contributed by atoms with Crippen LogP contribution in [0, 0.1) is 0 Å². The van der Waals surface area contributed by atoms with E-state index in [1.165, 1.54) is 6.26 Å². The molecule has 0 aliphatic heterocycles. The molecule has 0 atom stereocenters. The molecule has 0 fully saturated rings. The minimum absolute atomic E-state index is 0.0385. The van der Waals surface area contributed by atoms with E-state index in [1.807, 2.05) is 6.92 Å². The van der Waals surface area contributed by atoms with Crippen molar-refractivity contribution in [3.05, 3.63) is 23.7 Å². The Kier molecular flexibility index (Phi) is 2.88. The molecule has 0 aliphatic rings. The van der Waals surface area contributed by atoms with Crippen molar-refractivity contribution in [3.63, 3.8) is 0 Å². The summed E-state index contributed by atoms with van der Waals surface area (Å²) in [5.74, 6) is -1.10. The number of furan rings is 1. The van der Waals surface area contributed by atoms with Crippen LogP contribution in [-0.4, -0.2) is 17.7 Å². The molecular formula is C8H10O4. The molecule has 0 saturated carbocycles. The van der Waals surface area contributed by atoms with Gasteiger partial charge in [0.05, 0.1) is 12.9 Å². The smallest absolute Gasteiger partial charge is 0.372 e. The molecule has 0 aliphatic carbocycles. The second-order valence-corrected chi connectivity index (χ2v) is 2.22. The van der Waals surface area contributed by atoms with Crippen LogP contribution in [0.3, 0.4) is 0 Å². The van der Waals surface area contributed by atoms with Crippen molar-refractivity contribution in [1.29, 1.82) is 0 Å². The molecule has 0 aromatic carbocycles. The van der Waals surface area contributed by atoms with Gasteiger partial charge in [-0.1, -0.05) is 0 Å². The molecule has 0 bridgehead atoms. The van der Waals surface area contributed by atoms with Crippen molar-refractivity contribution in [2.75, 3.05) is 6.61 Å². The topological polar surface area (TPSA) is 59.7 Å². The standard InChI is InChI=1S/C8H10O4/c1-2-11-5-6-3-4-12-7(6)8(9)10/h3-4H,2,5H2,1H3,(H,9,10). The Bertz CT molecular complexity index is 264. The Morgan fingerprint density at radius 1 is 1.75 bits per heavy atom. The van der Waals surface area contributed by atoms with E-state index in [-0.39, 0.29) is 12.4 Å². The van der Waals surface area contributed by atoms with Crippen LogP contribution in [0.5, 0.6) is 0 Å². The lowest BCUT2D eigenvalue weighted by molar-refractivity contribution is 0.0652. The fourth-order valence-electron chi connectivity index (χ4n) is 0.849. The minimum atomic E-state index is -1.06. The highest BCUT2D eigenvalue weighted by molar-refractivity contribution is 5.85. The Morgan fingerprint density at radius 2 is 2.50 bits per heavy atom. The summed E-state index contributed by atoms with van der Waals surface area (Å²) in [6, 6.07) is 1.60. The molecule has 66 valence electrons. The normalized spacial score (nSPS) is 10.1. The number of carbonyl (C=O) groups is 1. The number of aromatic carboxylic acids is 1. The van der Waals surface area contributed by atoms with E-state index in [2.05, 4.69) is 0 Å². The lowest BCUT2D eigenvalue weighted by atomic mass is 10.2. The third-order valence-electron chi connectivity index (χ3n) is 1.40. The van der Waals surface area contributed by atoms with E-state index in [4.69, 9.17) is 14.3 Å². The summed E-state index contributed by atoms with van der Waals surface area (Å²) in [5, 5.41) is 8.60. The van der Waals surface area contributed by atoms with Crippen molar-refractivity contribution >= 4 is 5.97 Å². The Hall–Kier alpha value is -1.29. The van der Waals surface area contributed by atoms with Gasteiger partial charge in [-0.25, -0.2) is 4.79 Å². The van der Waals surface area contributed by atoms with Crippen molar-refractivity contribution in [2.24, 2.45) is 0 Å². The van der Waals surface area contributed by atoms with Crippen LogP contribution >= 0.6 is 0 Å². The predicted octanol–water partition coefficient (Wildman–Crippen LogP) is 1.51. The molecule has 1 aromatic rings. The van der Waals surface area contributed by atoms with Gasteiger partial charge in [-0.3, -0.25) is 0 Å². The Labute approximate surface area is 69.8 Å². The highest BCUT2D eigenvalue weighted by Crippen LogP contribution is 2.11. The summed E-state index contributed by atoms with van der Waals surface area (Å²) in [6.07, 6.45) is 1.35. The van der Waals surface area contributed by atoms with Gasteiger partial charge in [0.2, 0.25) is 5.76 Å². The van der Waals surface area contributed by atoms with E-state index >= 15 is 0 Å². The number of hydrogen-bond acceptors (Lipinski definition) is 3. The van der Waals surface area contributed by atoms with Crippen LogP contribution in [0.4, 0.5) is 0 Å². The maximum absolute atomic E-state index is 10.5. The fraction of sp³-hybridized carbons (Fsp3) is 0.375. The second-order valence-electron chi connectivity index (χ2n) is 2.22. The van der Waals surface area contributed by atoms with Gasteiger partial charge in [0.25, 0.3) is 0 Å².